The van der Waals surface area contributed by atoms with Gasteiger partial charge in [-0.1, -0.05) is 12.5 Å². The first-order valence-electron chi connectivity index (χ1n) is 11.3. The van der Waals surface area contributed by atoms with Gasteiger partial charge in [0.15, 0.2) is 0 Å². The van der Waals surface area contributed by atoms with Crippen LogP contribution in [0.2, 0.25) is 0 Å². The number of halogens is 1. The maximum absolute atomic E-state index is 13.7. The Balaban J connectivity index is 1.45. The number of pyridine rings is 1. The predicted octanol–water partition coefficient (Wildman–Crippen LogP) is 4.93. The molecule has 1 saturated heterocycles. The number of benzene rings is 1. The molecule has 0 bridgehead atoms. The summed E-state index contributed by atoms with van der Waals surface area (Å²) in [7, 11) is 0. The number of amides is 1. The van der Waals surface area contributed by atoms with E-state index in [0.717, 1.165) is 49.9 Å². The lowest BCUT2D eigenvalue weighted by Crippen LogP contribution is -2.44. The van der Waals surface area contributed by atoms with Crippen LogP contribution in [0.4, 0.5) is 15.9 Å². The average Bonchev–Trinajstić information content (AvgIpc) is 2.78. The largest absolute Gasteiger partial charge is 0.342 e. The second-order valence-corrected chi connectivity index (χ2v) is 8.62. The number of hydrogen-bond acceptors (Lipinski definition) is 5. The van der Waals surface area contributed by atoms with Gasteiger partial charge >= 0.3 is 0 Å². The van der Waals surface area contributed by atoms with Crippen molar-refractivity contribution in [3.8, 4) is 11.3 Å². The van der Waals surface area contributed by atoms with Gasteiger partial charge in [0.25, 0.3) is 0 Å². The van der Waals surface area contributed by atoms with Gasteiger partial charge in [-0.15, -0.1) is 0 Å². The van der Waals surface area contributed by atoms with Crippen molar-refractivity contribution in [2.45, 2.75) is 38.0 Å². The molecule has 2 fully saturated rings. The third kappa shape index (κ3) is 4.47. The molecule has 7 heteroatoms. The minimum atomic E-state index is -0.309. The summed E-state index contributed by atoms with van der Waals surface area (Å²) in [6.07, 6.45) is 8.52. The Morgan fingerprint density at radius 1 is 1.03 bits per heavy atom. The first kappa shape index (κ1) is 20.5. The Hall–Kier alpha value is -3.35. The van der Waals surface area contributed by atoms with Crippen LogP contribution in [0.25, 0.3) is 11.3 Å². The maximum Gasteiger partial charge on any atom is 0.225 e. The summed E-state index contributed by atoms with van der Waals surface area (Å²) in [6.45, 7) is 1.46. The summed E-state index contributed by atoms with van der Waals surface area (Å²) in [5.74, 6) is 1.56. The molecule has 0 spiro atoms. The number of anilines is 2. The van der Waals surface area contributed by atoms with E-state index in [2.05, 4.69) is 10.3 Å². The SMILES string of the molecule is O=C(C1CCC1)N1CCCC(c2nc(Nc3cccc(F)c3)cc(-c3ccncc3)n2)C1. The highest BCUT2D eigenvalue weighted by Crippen LogP contribution is 2.33. The molecule has 2 aliphatic rings. The highest BCUT2D eigenvalue weighted by molar-refractivity contribution is 5.79. The fourth-order valence-electron chi connectivity index (χ4n) is 4.40. The molecule has 6 nitrogen and oxygen atoms in total. The van der Waals surface area contributed by atoms with Crippen molar-refractivity contribution >= 4 is 17.4 Å². The number of carbonyl (C=O) groups excluding carboxylic acids is 1. The van der Waals surface area contributed by atoms with Gasteiger partial charge in [0.1, 0.15) is 17.5 Å². The summed E-state index contributed by atoms with van der Waals surface area (Å²) in [5.41, 5.74) is 2.34. The Labute approximate surface area is 186 Å². The molecule has 1 atom stereocenters. The van der Waals surface area contributed by atoms with Crippen LogP contribution in [-0.2, 0) is 4.79 Å². The van der Waals surface area contributed by atoms with Crippen LogP contribution in [-0.4, -0.2) is 38.8 Å². The number of nitrogens with one attached hydrogen (secondary N) is 1. The molecule has 3 heterocycles. The van der Waals surface area contributed by atoms with Gasteiger partial charge < -0.3 is 10.2 Å². The second-order valence-electron chi connectivity index (χ2n) is 8.62. The van der Waals surface area contributed by atoms with Crippen LogP contribution in [0, 0.1) is 11.7 Å². The van der Waals surface area contributed by atoms with E-state index in [1.165, 1.54) is 12.1 Å². The van der Waals surface area contributed by atoms with Crippen LogP contribution in [0.5, 0.6) is 0 Å². The Kier molecular flexibility index (Phi) is 5.79. The number of nitrogens with zero attached hydrogens (tertiary/aromatic N) is 4. The Morgan fingerprint density at radius 3 is 2.62 bits per heavy atom. The maximum atomic E-state index is 13.7. The molecule has 5 rings (SSSR count). The summed E-state index contributed by atoms with van der Waals surface area (Å²) in [5, 5.41) is 3.22. The minimum Gasteiger partial charge on any atom is -0.342 e. The first-order valence-corrected chi connectivity index (χ1v) is 11.3. The minimum absolute atomic E-state index is 0.0719. The van der Waals surface area contributed by atoms with Crippen molar-refractivity contribution in [3.63, 3.8) is 0 Å². The van der Waals surface area contributed by atoms with Crippen LogP contribution in [0.3, 0.4) is 0 Å². The topological polar surface area (TPSA) is 71.0 Å². The fraction of sp³-hybridized carbons (Fsp3) is 0.360. The molecule has 1 aliphatic heterocycles. The van der Waals surface area contributed by atoms with E-state index in [1.807, 2.05) is 23.1 Å². The highest BCUT2D eigenvalue weighted by Gasteiger charge is 2.33. The summed E-state index contributed by atoms with van der Waals surface area (Å²) >= 11 is 0. The molecule has 32 heavy (non-hydrogen) atoms. The van der Waals surface area contributed by atoms with Crippen molar-refractivity contribution < 1.29 is 9.18 Å². The molecule has 1 aliphatic carbocycles. The lowest BCUT2D eigenvalue weighted by molar-refractivity contribution is -0.139. The molecule has 3 aromatic rings. The normalized spacial score (nSPS) is 18.8. The van der Waals surface area contributed by atoms with E-state index >= 15 is 0 Å². The fourth-order valence-corrected chi connectivity index (χ4v) is 4.40. The highest BCUT2D eigenvalue weighted by atomic mass is 19.1. The Bertz CT molecular complexity index is 1100. The number of carbonyl (C=O) groups is 1. The third-order valence-corrected chi connectivity index (χ3v) is 6.37. The molecule has 2 aromatic heterocycles. The molecule has 1 saturated carbocycles. The van der Waals surface area contributed by atoms with Crippen molar-refractivity contribution in [2.75, 3.05) is 18.4 Å². The summed E-state index contributed by atoms with van der Waals surface area (Å²) in [6, 6.07) is 12.0. The Morgan fingerprint density at radius 2 is 1.88 bits per heavy atom. The van der Waals surface area contributed by atoms with Crippen molar-refractivity contribution in [1.82, 2.24) is 19.9 Å². The van der Waals surface area contributed by atoms with Crippen LogP contribution < -0.4 is 5.32 Å². The molecule has 1 aromatic carbocycles. The number of likely N-dealkylation sites (tertiary alicyclic amines) is 1. The van der Waals surface area contributed by atoms with E-state index in [-0.39, 0.29) is 23.6 Å². The predicted molar refractivity (Wildman–Crippen MR) is 121 cm³/mol. The van der Waals surface area contributed by atoms with Gasteiger partial charge in [0.05, 0.1) is 5.69 Å². The molecule has 164 valence electrons. The molecule has 0 radical (unpaired) electrons. The van der Waals surface area contributed by atoms with Crippen LogP contribution >= 0.6 is 0 Å². The number of aromatic nitrogens is 3. The molecule has 1 amide bonds. The zero-order valence-corrected chi connectivity index (χ0v) is 17.9. The van der Waals surface area contributed by atoms with E-state index < -0.39 is 0 Å². The lowest BCUT2D eigenvalue weighted by atomic mass is 9.83. The first-order chi connectivity index (χ1) is 15.7. The zero-order chi connectivity index (χ0) is 21.9. The summed E-state index contributed by atoms with van der Waals surface area (Å²) < 4.78 is 13.7. The van der Waals surface area contributed by atoms with E-state index in [1.54, 1.807) is 24.5 Å². The van der Waals surface area contributed by atoms with Gasteiger partial charge in [-0.3, -0.25) is 9.78 Å². The third-order valence-electron chi connectivity index (χ3n) is 6.37. The number of rotatable bonds is 5. The van der Waals surface area contributed by atoms with Crippen molar-refractivity contribution in [2.24, 2.45) is 5.92 Å². The van der Waals surface area contributed by atoms with Crippen LogP contribution in [0.1, 0.15) is 43.8 Å². The second kappa shape index (κ2) is 9.02. The van der Waals surface area contributed by atoms with E-state index in [4.69, 9.17) is 9.97 Å². The monoisotopic (exact) mass is 431 g/mol. The van der Waals surface area contributed by atoms with Crippen molar-refractivity contribution in [1.29, 1.82) is 0 Å². The molecular formula is C25H26FN5O. The van der Waals surface area contributed by atoms with Gasteiger partial charge in [-0.2, -0.15) is 0 Å². The molecule has 1 unspecified atom stereocenters. The van der Waals surface area contributed by atoms with E-state index in [0.29, 0.717) is 23.9 Å². The number of hydrogen-bond donors (Lipinski definition) is 1. The van der Waals surface area contributed by atoms with Gasteiger partial charge in [-0.25, -0.2) is 14.4 Å². The van der Waals surface area contributed by atoms with Crippen LogP contribution in [0.15, 0.2) is 54.9 Å². The molecular weight excluding hydrogens is 405 g/mol. The van der Waals surface area contributed by atoms with Gasteiger partial charge in [0, 0.05) is 54.6 Å². The standard InChI is InChI=1S/C25H26FN5O/c26-20-7-2-8-21(14-20)28-23-15-22(17-9-11-27-12-10-17)29-24(30-23)19-6-3-13-31(16-19)25(32)18-4-1-5-18/h2,7-12,14-15,18-19H,1,3-6,13,16H2,(H,28,29,30). The van der Waals surface area contributed by atoms with Crippen molar-refractivity contribution in [3.05, 3.63) is 66.5 Å². The zero-order valence-electron chi connectivity index (χ0n) is 17.9. The average molecular weight is 432 g/mol. The van der Waals surface area contributed by atoms with E-state index in [9.17, 15) is 9.18 Å². The summed E-state index contributed by atoms with van der Waals surface area (Å²) in [4.78, 5) is 28.6. The van der Waals surface area contributed by atoms with Gasteiger partial charge in [0.2, 0.25) is 5.91 Å². The van der Waals surface area contributed by atoms with Gasteiger partial charge in [-0.05, 0) is 56.0 Å². The lowest BCUT2D eigenvalue weighted by Gasteiger charge is -2.36. The smallest absolute Gasteiger partial charge is 0.225 e. The number of piperidine rings is 1. The molecule has 1 N–H and O–H groups in total. The quantitative estimate of drug-likeness (QED) is 0.620.